The normalized spacial score (nSPS) is 11.9. The molecule has 0 unspecified atom stereocenters. The summed E-state index contributed by atoms with van der Waals surface area (Å²) in [6.45, 7) is 0. The molecule has 238 valence electrons. The molecule has 0 bridgehead atoms. The monoisotopic (exact) mass is 667 g/mol. The Morgan fingerprint density at radius 3 is 1.75 bits per heavy atom. The van der Waals surface area contributed by atoms with Crippen LogP contribution in [0.15, 0.2) is 180 Å². The van der Waals surface area contributed by atoms with Gasteiger partial charge in [0, 0.05) is 47.4 Å². The standard InChI is InChI=1S/C48H29NOS/c1-3-11-30(12-4-1)32-21-24-41-39(28-32)40-29-33(31-13-5-2-6-14-31)22-25-42(40)49(41)35-16-9-15-34(27-35)36-18-10-20-44-46(36)47-45(51-44)26-23-38-37-17-7-8-19-43(37)50-48(38)47/h1-29H. The molecule has 0 saturated heterocycles. The van der Waals surface area contributed by atoms with E-state index in [2.05, 4.69) is 174 Å². The van der Waals surface area contributed by atoms with Crippen molar-refractivity contribution in [3.63, 3.8) is 0 Å². The lowest BCUT2D eigenvalue weighted by molar-refractivity contribution is 0.673. The predicted octanol–water partition coefficient (Wildman–Crippen LogP) is 14.1. The molecule has 0 amide bonds. The molecule has 0 aliphatic heterocycles. The highest BCUT2D eigenvalue weighted by atomic mass is 32.1. The number of hydrogen-bond donors (Lipinski definition) is 0. The van der Waals surface area contributed by atoms with Crippen molar-refractivity contribution in [1.82, 2.24) is 4.57 Å². The topological polar surface area (TPSA) is 18.1 Å². The van der Waals surface area contributed by atoms with Crippen molar-refractivity contribution in [1.29, 1.82) is 0 Å². The second kappa shape index (κ2) is 11.0. The van der Waals surface area contributed by atoms with E-state index in [0.29, 0.717) is 0 Å². The fourth-order valence-corrected chi connectivity index (χ4v) is 9.19. The highest BCUT2D eigenvalue weighted by Crippen LogP contribution is 2.46. The Morgan fingerprint density at radius 1 is 0.392 bits per heavy atom. The van der Waals surface area contributed by atoms with Gasteiger partial charge >= 0.3 is 0 Å². The Bertz CT molecular complexity index is 3030. The minimum absolute atomic E-state index is 0.927. The molecule has 0 N–H and O–H groups in total. The Hall–Kier alpha value is -6.42. The predicted molar refractivity (Wildman–Crippen MR) is 217 cm³/mol. The minimum Gasteiger partial charge on any atom is -0.455 e. The van der Waals surface area contributed by atoms with Gasteiger partial charge in [0.2, 0.25) is 0 Å². The summed E-state index contributed by atoms with van der Waals surface area (Å²) in [7, 11) is 0. The Balaban J connectivity index is 1.15. The molecule has 3 aromatic heterocycles. The SMILES string of the molecule is c1ccc(-c2ccc3c(c2)c2cc(-c4ccccc4)ccc2n3-c2cccc(-c3cccc4sc5ccc6c7ccccc7oc6c5c34)c2)cc1. The van der Waals surface area contributed by atoms with E-state index in [4.69, 9.17) is 4.42 Å². The lowest BCUT2D eigenvalue weighted by Gasteiger charge is -2.12. The van der Waals surface area contributed by atoms with Crippen LogP contribution < -0.4 is 0 Å². The summed E-state index contributed by atoms with van der Waals surface area (Å²) in [6, 6.07) is 63.7. The van der Waals surface area contributed by atoms with Gasteiger partial charge in [-0.15, -0.1) is 11.3 Å². The van der Waals surface area contributed by atoms with Crippen molar-refractivity contribution >= 4 is 75.3 Å². The van der Waals surface area contributed by atoms with Gasteiger partial charge in [0.15, 0.2) is 0 Å². The molecular formula is C48H29NOS. The van der Waals surface area contributed by atoms with Crippen molar-refractivity contribution in [2.24, 2.45) is 0 Å². The van der Waals surface area contributed by atoms with Crippen LogP contribution >= 0.6 is 11.3 Å². The molecule has 3 heteroatoms. The zero-order valence-corrected chi connectivity index (χ0v) is 28.3. The molecule has 0 atom stereocenters. The molecular weight excluding hydrogens is 639 g/mol. The van der Waals surface area contributed by atoms with Crippen molar-refractivity contribution < 1.29 is 4.42 Å². The first kappa shape index (κ1) is 28.4. The fourth-order valence-electron chi connectivity index (χ4n) is 8.06. The Kier molecular flexibility index (Phi) is 6.16. The van der Waals surface area contributed by atoms with E-state index >= 15 is 0 Å². The van der Waals surface area contributed by atoms with Crippen molar-refractivity contribution in [2.45, 2.75) is 0 Å². The summed E-state index contributed by atoms with van der Waals surface area (Å²) in [5.41, 5.74) is 12.7. The largest absolute Gasteiger partial charge is 0.455 e. The number of nitrogens with zero attached hydrogens (tertiary/aromatic N) is 1. The average molecular weight is 668 g/mol. The summed E-state index contributed by atoms with van der Waals surface area (Å²) in [5, 5.41) is 7.26. The van der Waals surface area contributed by atoms with Gasteiger partial charge in [-0.05, 0) is 94.0 Å². The van der Waals surface area contributed by atoms with E-state index in [-0.39, 0.29) is 0 Å². The number of thiophene rings is 1. The van der Waals surface area contributed by atoms with Crippen LogP contribution in [-0.4, -0.2) is 4.57 Å². The average Bonchev–Trinajstić information content (AvgIpc) is 3.87. The van der Waals surface area contributed by atoms with Gasteiger partial charge in [-0.2, -0.15) is 0 Å². The van der Waals surface area contributed by atoms with Gasteiger partial charge in [-0.3, -0.25) is 0 Å². The summed E-state index contributed by atoms with van der Waals surface area (Å²) >= 11 is 1.83. The molecule has 2 nitrogen and oxygen atoms in total. The van der Waals surface area contributed by atoms with Crippen molar-refractivity contribution in [3.05, 3.63) is 176 Å². The Morgan fingerprint density at radius 2 is 1.02 bits per heavy atom. The summed E-state index contributed by atoms with van der Waals surface area (Å²) in [5.74, 6) is 0. The fraction of sp³-hybridized carbons (Fsp3) is 0. The molecule has 0 aliphatic carbocycles. The van der Waals surface area contributed by atoms with E-state index in [0.717, 1.165) is 27.6 Å². The first-order valence-corrected chi connectivity index (χ1v) is 18.2. The quantitative estimate of drug-likeness (QED) is 0.183. The summed E-state index contributed by atoms with van der Waals surface area (Å²) in [4.78, 5) is 0. The van der Waals surface area contributed by atoms with Crippen LogP contribution in [0.4, 0.5) is 0 Å². The Labute approximate surface area is 298 Å². The molecule has 0 spiro atoms. The molecule has 0 aliphatic rings. The number of aromatic nitrogens is 1. The van der Waals surface area contributed by atoms with Crippen LogP contribution in [0.5, 0.6) is 0 Å². The molecule has 0 radical (unpaired) electrons. The highest BCUT2D eigenvalue weighted by Gasteiger charge is 2.19. The van der Waals surface area contributed by atoms with Crippen LogP contribution in [0.25, 0.3) is 103 Å². The maximum Gasteiger partial charge on any atom is 0.144 e. The molecule has 3 heterocycles. The zero-order valence-electron chi connectivity index (χ0n) is 27.5. The maximum absolute atomic E-state index is 6.59. The van der Waals surface area contributed by atoms with Crippen molar-refractivity contribution in [2.75, 3.05) is 0 Å². The molecule has 51 heavy (non-hydrogen) atoms. The van der Waals surface area contributed by atoms with Crippen LogP contribution in [0.3, 0.4) is 0 Å². The highest BCUT2D eigenvalue weighted by molar-refractivity contribution is 7.26. The first-order valence-electron chi connectivity index (χ1n) is 17.3. The van der Waals surface area contributed by atoms with Gasteiger partial charge in [-0.25, -0.2) is 0 Å². The van der Waals surface area contributed by atoms with Crippen LogP contribution in [0, 0.1) is 0 Å². The third kappa shape index (κ3) is 4.35. The molecule has 11 rings (SSSR count). The number of furan rings is 1. The van der Waals surface area contributed by atoms with E-state index in [9.17, 15) is 0 Å². The van der Waals surface area contributed by atoms with Gasteiger partial charge in [0.25, 0.3) is 0 Å². The van der Waals surface area contributed by atoms with Gasteiger partial charge in [-0.1, -0.05) is 115 Å². The third-order valence-electron chi connectivity index (χ3n) is 10.4. The maximum atomic E-state index is 6.59. The van der Waals surface area contributed by atoms with Gasteiger partial charge in [0.05, 0.1) is 11.0 Å². The summed E-state index contributed by atoms with van der Waals surface area (Å²) in [6.07, 6.45) is 0. The molecule has 8 aromatic carbocycles. The van der Waals surface area contributed by atoms with Gasteiger partial charge in [0.1, 0.15) is 11.2 Å². The van der Waals surface area contributed by atoms with Crippen LogP contribution in [-0.2, 0) is 0 Å². The zero-order chi connectivity index (χ0) is 33.5. The second-order valence-corrected chi connectivity index (χ2v) is 14.4. The molecule has 0 fully saturated rings. The third-order valence-corrected chi connectivity index (χ3v) is 11.5. The number of rotatable bonds is 4. The lowest BCUT2D eigenvalue weighted by Crippen LogP contribution is -1.94. The number of para-hydroxylation sites is 1. The van der Waals surface area contributed by atoms with Crippen molar-refractivity contribution in [3.8, 4) is 39.1 Å². The number of benzene rings is 8. The van der Waals surface area contributed by atoms with E-state index in [1.807, 2.05) is 17.4 Å². The molecule has 0 saturated carbocycles. The molecule has 11 aromatic rings. The van der Waals surface area contributed by atoms with E-state index in [1.54, 1.807) is 0 Å². The lowest BCUT2D eigenvalue weighted by atomic mass is 9.98. The van der Waals surface area contributed by atoms with E-state index in [1.165, 1.54) is 75.4 Å². The summed E-state index contributed by atoms with van der Waals surface area (Å²) < 4.78 is 11.5. The number of hydrogen-bond acceptors (Lipinski definition) is 2. The number of fused-ring (bicyclic) bond motifs is 10. The minimum atomic E-state index is 0.927. The smallest absolute Gasteiger partial charge is 0.144 e. The van der Waals surface area contributed by atoms with E-state index < -0.39 is 0 Å². The van der Waals surface area contributed by atoms with Gasteiger partial charge < -0.3 is 8.98 Å². The first-order chi connectivity index (χ1) is 25.3. The van der Waals surface area contributed by atoms with Crippen LogP contribution in [0.1, 0.15) is 0 Å². The second-order valence-electron chi connectivity index (χ2n) is 13.3. The van der Waals surface area contributed by atoms with Crippen LogP contribution in [0.2, 0.25) is 0 Å².